The van der Waals surface area contributed by atoms with E-state index in [4.69, 9.17) is 4.74 Å². The Labute approximate surface area is 186 Å². The van der Waals surface area contributed by atoms with E-state index in [-0.39, 0.29) is 5.69 Å². The Hall–Kier alpha value is -2.75. The topological polar surface area (TPSA) is 75.7 Å². The lowest BCUT2D eigenvalue weighted by Crippen LogP contribution is -2.48. The molecule has 0 aliphatic heterocycles. The number of alkyl halides is 3. The van der Waals surface area contributed by atoms with Gasteiger partial charge in [-0.2, -0.15) is 13.2 Å². The van der Waals surface area contributed by atoms with Crippen LogP contribution in [0.5, 0.6) is 5.75 Å². The Bertz CT molecular complexity index is 1070. The number of anilines is 1. The number of benzene rings is 2. The highest BCUT2D eigenvalue weighted by Crippen LogP contribution is 2.33. The van der Waals surface area contributed by atoms with Crippen LogP contribution in [-0.4, -0.2) is 33.7 Å². The maximum atomic E-state index is 13.1. The number of aryl methyl sites for hydroxylation is 1. The molecule has 1 amide bonds. The van der Waals surface area contributed by atoms with Gasteiger partial charge in [0.05, 0.1) is 30.7 Å². The van der Waals surface area contributed by atoms with Crippen molar-refractivity contribution >= 4 is 21.6 Å². The number of carbonyl (C=O) groups excluding carboxylic acids is 1. The molecule has 0 bridgehead atoms. The van der Waals surface area contributed by atoms with E-state index in [0.29, 0.717) is 16.5 Å². The Kier molecular flexibility index (Phi) is 7.82. The Morgan fingerprint density at radius 1 is 1.19 bits per heavy atom. The van der Waals surface area contributed by atoms with Gasteiger partial charge in [0.2, 0.25) is 15.9 Å². The van der Waals surface area contributed by atoms with E-state index in [1.807, 2.05) is 19.9 Å². The standard InChI is InChI=1S/C22H27F3N2O4S/c1-6-19(16-10-11-20(31-4)14(2)12-16)26-21(28)15(3)27(32(5,29)30)18-9-7-8-17(13-18)22(23,24)25/h7-13,15,19H,6H2,1-5H3,(H,26,28)/t15-,19+/m0/s1. The summed E-state index contributed by atoms with van der Waals surface area (Å²) in [6, 6.07) is 7.63. The summed E-state index contributed by atoms with van der Waals surface area (Å²) >= 11 is 0. The van der Waals surface area contributed by atoms with Crippen LogP contribution in [0.4, 0.5) is 18.9 Å². The van der Waals surface area contributed by atoms with Gasteiger partial charge in [0.25, 0.3) is 0 Å². The van der Waals surface area contributed by atoms with Crippen molar-refractivity contribution in [3.63, 3.8) is 0 Å². The molecule has 0 saturated heterocycles. The van der Waals surface area contributed by atoms with E-state index in [1.165, 1.54) is 13.0 Å². The number of carbonyl (C=O) groups is 1. The molecule has 0 radical (unpaired) electrons. The molecule has 6 nitrogen and oxygen atoms in total. The summed E-state index contributed by atoms with van der Waals surface area (Å²) in [5.74, 6) is 0.0595. The van der Waals surface area contributed by atoms with Gasteiger partial charge in [0, 0.05) is 0 Å². The molecule has 0 unspecified atom stereocenters. The monoisotopic (exact) mass is 472 g/mol. The lowest BCUT2D eigenvalue weighted by molar-refractivity contribution is -0.137. The van der Waals surface area contributed by atoms with Gasteiger partial charge in [0.1, 0.15) is 11.8 Å². The summed E-state index contributed by atoms with van der Waals surface area (Å²) < 4.78 is 70.2. The quantitative estimate of drug-likeness (QED) is 0.616. The molecule has 2 aromatic carbocycles. The van der Waals surface area contributed by atoms with Crippen LogP contribution in [0.15, 0.2) is 42.5 Å². The third kappa shape index (κ3) is 5.93. The van der Waals surface area contributed by atoms with Gasteiger partial charge in [-0.3, -0.25) is 9.10 Å². The molecule has 2 aromatic rings. The number of ether oxygens (including phenoxy) is 1. The van der Waals surface area contributed by atoms with Crippen molar-refractivity contribution in [3.05, 3.63) is 59.2 Å². The van der Waals surface area contributed by atoms with Crippen molar-refractivity contribution < 1.29 is 31.1 Å². The molecular formula is C22H27F3N2O4S. The molecule has 0 fully saturated rings. The zero-order valence-electron chi connectivity index (χ0n) is 18.5. The molecular weight excluding hydrogens is 445 g/mol. The average molecular weight is 473 g/mol. The normalized spacial score (nSPS) is 13.9. The Morgan fingerprint density at radius 3 is 2.34 bits per heavy atom. The van der Waals surface area contributed by atoms with E-state index < -0.39 is 39.8 Å². The van der Waals surface area contributed by atoms with Gasteiger partial charge in [-0.15, -0.1) is 0 Å². The summed E-state index contributed by atoms with van der Waals surface area (Å²) in [4.78, 5) is 13.0. The van der Waals surface area contributed by atoms with Gasteiger partial charge in [-0.05, 0) is 55.7 Å². The minimum Gasteiger partial charge on any atom is -0.496 e. The second-order valence-electron chi connectivity index (χ2n) is 7.48. The molecule has 0 aliphatic carbocycles. The first-order valence-corrected chi connectivity index (χ1v) is 11.8. The van der Waals surface area contributed by atoms with Crippen LogP contribution in [0.2, 0.25) is 0 Å². The summed E-state index contributed by atoms with van der Waals surface area (Å²) in [5.41, 5.74) is 0.429. The molecule has 1 N–H and O–H groups in total. The average Bonchev–Trinajstić information content (AvgIpc) is 2.70. The highest BCUT2D eigenvalue weighted by atomic mass is 32.2. The number of hydrogen-bond donors (Lipinski definition) is 1. The van der Waals surface area contributed by atoms with E-state index in [0.717, 1.165) is 35.6 Å². The predicted molar refractivity (Wildman–Crippen MR) is 117 cm³/mol. The number of halogens is 3. The number of nitrogens with zero attached hydrogens (tertiary/aromatic N) is 1. The summed E-state index contributed by atoms with van der Waals surface area (Å²) in [5, 5.41) is 2.81. The first kappa shape index (κ1) is 25.5. The zero-order chi connectivity index (χ0) is 24.3. The van der Waals surface area contributed by atoms with Crippen molar-refractivity contribution in [1.82, 2.24) is 5.32 Å². The second kappa shape index (κ2) is 9.81. The summed E-state index contributed by atoms with van der Waals surface area (Å²) in [6.45, 7) is 5.05. The van der Waals surface area contributed by atoms with E-state index in [1.54, 1.807) is 19.2 Å². The predicted octanol–water partition coefficient (Wildman–Crippen LogP) is 4.44. The number of sulfonamides is 1. The first-order chi connectivity index (χ1) is 14.8. The van der Waals surface area contributed by atoms with E-state index in [9.17, 15) is 26.4 Å². The van der Waals surface area contributed by atoms with Crippen LogP contribution in [-0.2, 0) is 21.0 Å². The van der Waals surface area contributed by atoms with Crippen molar-refractivity contribution in [2.45, 2.75) is 45.5 Å². The van der Waals surface area contributed by atoms with Gasteiger partial charge in [-0.25, -0.2) is 8.42 Å². The number of amides is 1. The fourth-order valence-corrected chi connectivity index (χ4v) is 4.63. The molecule has 0 aliphatic rings. The van der Waals surface area contributed by atoms with Crippen molar-refractivity contribution in [1.29, 1.82) is 0 Å². The number of rotatable bonds is 8. The van der Waals surface area contributed by atoms with Crippen LogP contribution in [0.1, 0.15) is 43.0 Å². The smallest absolute Gasteiger partial charge is 0.416 e. The molecule has 0 heterocycles. The van der Waals surface area contributed by atoms with Gasteiger partial charge in [0.15, 0.2) is 0 Å². The summed E-state index contributed by atoms with van der Waals surface area (Å²) in [7, 11) is -2.51. The molecule has 0 saturated carbocycles. The molecule has 0 spiro atoms. The molecule has 176 valence electrons. The van der Waals surface area contributed by atoms with Crippen molar-refractivity contribution in [2.75, 3.05) is 17.7 Å². The molecule has 32 heavy (non-hydrogen) atoms. The van der Waals surface area contributed by atoms with Gasteiger partial charge >= 0.3 is 6.18 Å². The van der Waals surface area contributed by atoms with Gasteiger partial charge < -0.3 is 10.1 Å². The SMILES string of the molecule is CC[C@@H](NC(=O)[C@H](C)N(c1cccc(C(F)(F)F)c1)S(C)(=O)=O)c1ccc(OC)c(C)c1. The van der Waals surface area contributed by atoms with E-state index >= 15 is 0 Å². The fourth-order valence-electron chi connectivity index (χ4n) is 3.46. The number of hydrogen-bond acceptors (Lipinski definition) is 4. The lowest BCUT2D eigenvalue weighted by atomic mass is 10.0. The number of nitrogens with one attached hydrogen (secondary N) is 1. The minimum absolute atomic E-state index is 0.238. The largest absolute Gasteiger partial charge is 0.496 e. The van der Waals surface area contributed by atoms with Crippen LogP contribution in [0.25, 0.3) is 0 Å². The number of methoxy groups -OCH3 is 1. The minimum atomic E-state index is -4.65. The maximum absolute atomic E-state index is 13.1. The highest BCUT2D eigenvalue weighted by Gasteiger charge is 2.34. The lowest BCUT2D eigenvalue weighted by Gasteiger charge is -2.30. The molecule has 10 heteroatoms. The van der Waals surface area contributed by atoms with Crippen molar-refractivity contribution in [2.24, 2.45) is 0 Å². The second-order valence-corrected chi connectivity index (χ2v) is 9.34. The Morgan fingerprint density at radius 2 is 1.84 bits per heavy atom. The fraction of sp³-hybridized carbons (Fsp3) is 0.409. The van der Waals surface area contributed by atoms with Gasteiger partial charge in [-0.1, -0.05) is 25.1 Å². The van der Waals surface area contributed by atoms with Crippen molar-refractivity contribution in [3.8, 4) is 5.75 Å². The molecule has 2 rings (SSSR count). The van der Waals surface area contributed by atoms with Crippen LogP contribution in [0, 0.1) is 6.92 Å². The van der Waals surface area contributed by atoms with E-state index in [2.05, 4.69) is 5.32 Å². The zero-order valence-corrected chi connectivity index (χ0v) is 19.3. The maximum Gasteiger partial charge on any atom is 0.416 e. The highest BCUT2D eigenvalue weighted by molar-refractivity contribution is 7.92. The molecule has 2 atom stereocenters. The van der Waals surface area contributed by atoms with Crippen LogP contribution < -0.4 is 14.4 Å². The Balaban J connectivity index is 2.35. The first-order valence-electron chi connectivity index (χ1n) is 9.91. The third-order valence-electron chi connectivity index (χ3n) is 5.06. The third-order valence-corrected chi connectivity index (χ3v) is 6.30. The van der Waals surface area contributed by atoms with Crippen LogP contribution in [0.3, 0.4) is 0 Å². The molecule has 0 aromatic heterocycles. The summed E-state index contributed by atoms with van der Waals surface area (Å²) in [6.07, 6.45) is -3.28. The van der Waals surface area contributed by atoms with Crippen LogP contribution >= 0.6 is 0 Å².